The number of carbonyl (C=O) groups is 2. The van der Waals surface area contributed by atoms with E-state index in [2.05, 4.69) is 10.1 Å². The maximum atomic E-state index is 12.4. The molecule has 0 radical (unpaired) electrons. The van der Waals surface area contributed by atoms with Crippen LogP contribution in [0.5, 0.6) is 17.2 Å². The summed E-state index contributed by atoms with van der Waals surface area (Å²) in [7, 11) is 0. The second-order valence-corrected chi connectivity index (χ2v) is 7.45. The van der Waals surface area contributed by atoms with Crippen LogP contribution in [0.1, 0.15) is 28.4 Å². The first-order valence-corrected chi connectivity index (χ1v) is 10.9. The lowest BCUT2D eigenvalue weighted by atomic mass is 10.1. The Morgan fingerprint density at radius 2 is 1.74 bits per heavy atom. The summed E-state index contributed by atoms with van der Waals surface area (Å²) in [4.78, 5) is 24.7. The van der Waals surface area contributed by atoms with Crippen molar-refractivity contribution in [2.24, 2.45) is 0 Å². The molecule has 0 heterocycles. The number of hydrogen-bond acceptors (Lipinski definition) is 5. The lowest BCUT2D eigenvalue weighted by Crippen LogP contribution is -2.20. The summed E-state index contributed by atoms with van der Waals surface area (Å²) in [5.74, 6) is 0.00861. The lowest BCUT2D eigenvalue weighted by Gasteiger charge is -2.13. The molecule has 0 aliphatic carbocycles. The molecule has 0 aromatic heterocycles. The lowest BCUT2D eigenvalue weighted by molar-refractivity contribution is -0.118. The summed E-state index contributed by atoms with van der Waals surface area (Å²) in [5, 5.41) is 2.76. The van der Waals surface area contributed by atoms with Crippen LogP contribution in [0.2, 0.25) is 0 Å². The maximum absolute atomic E-state index is 12.4. The summed E-state index contributed by atoms with van der Waals surface area (Å²) < 4.78 is 40.4. The molecule has 0 unspecified atom stereocenters. The Morgan fingerprint density at radius 3 is 2.46 bits per heavy atom. The first-order chi connectivity index (χ1) is 16.8. The first kappa shape index (κ1) is 25.4. The van der Waals surface area contributed by atoms with Gasteiger partial charge in [-0.05, 0) is 61.9 Å². The number of hydrogen-bond donors (Lipinski definition) is 1. The van der Waals surface area contributed by atoms with Crippen LogP contribution < -0.4 is 19.5 Å². The van der Waals surface area contributed by atoms with E-state index in [-0.39, 0.29) is 29.6 Å². The summed E-state index contributed by atoms with van der Waals surface area (Å²) in [6.45, 7) is 0.964. The van der Waals surface area contributed by atoms with Gasteiger partial charge in [-0.3, -0.25) is 9.59 Å². The fourth-order valence-corrected chi connectivity index (χ4v) is 3.09. The van der Waals surface area contributed by atoms with E-state index >= 15 is 0 Å². The molecular weight excluding hydrogens is 456 g/mol. The molecule has 3 aromatic rings. The fraction of sp³-hybridized carbons (Fsp3) is 0.185. The number of nitrogens with one attached hydrogen (secondary N) is 1. The molecule has 35 heavy (non-hydrogen) atoms. The quantitative estimate of drug-likeness (QED) is 0.272. The number of anilines is 1. The highest BCUT2D eigenvalue weighted by atomic mass is 19.3. The van der Waals surface area contributed by atoms with Crippen LogP contribution in [-0.2, 0) is 4.79 Å². The molecule has 3 rings (SSSR count). The van der Waals surface area contributed by atoms with Gasteiger partial charge in [-0.1, -0.05) is 42.0 Å². The van der Waals surface area contributed by atoms with Crippen molar-refractivity contribution in [1.82, 2.24) is 0 Å². The van der Waals surface area contributed by atoms with Crippen molar-refractivity contribution in [3.8, 4) is 17.2 Å². The van der Waals surface area contributed by atoms with Crippen molar-refractivity contribution >= 4 is 23.5 Å². The van der Waals surface area contributed by atoms with Crippen molar-refractivity contribution < 1.29 is 32.6 Å². The number of amides is 1. The number of aryl methyl sites for hydroxylation is 1. The van der Waals surface area contributed by atoms with Crippen molar-refractivity contribution in [2.75, 3.05) is 18.5 Å². The van der Waals surface area contributed by atoms with Crippen LogP contribution in [0.25, 0.3) is 6.08 Å². The minimum Gasteiger partial charge on any atom is -0.490 e. The third-order valence-electron chi connectivity index (χ3n) is 4.73. The molecule has 0 spiro atoms. The van der Waals surface area contributed by atoms with Crippen LogP contribution >= 0.6 is 0 Å². The van der Waals surface area contributed by atoms with Crippen LogP contribution in [-0.4, -0.2) is 31.5 Å². The van der Waals surface area contributed by atoms with Gasteiger partial charge in [0.2, 0.25) is 0 Å². The van der Waals surface area contributed by atoms with Crippen molar-refractivity contribution in [3.63, 3.8) is 0 Å². The number of allylic oxidation sites excluding steroid dienone is 1. The Hall–Kier alpha value is -4.20. The number of alkyl halides is 2. The molecule has 182 valence electrons. The molecule has 0 fully saturated rings. The summed E-state index contributed by atoms with van der Waals surface area (Å²) in [6.07, 6.45) is 2.89. The number of rotatable bonds is 11. The van der Waals surface area contributed by atoms with Crippen molar-refractivity contribution in [1.29, 1.82) is 0 Å². The van der Waals surface area contributed by atoms with Gasteiger partial charge >= 0.3 is 6.61 Å². The smallest absolute Gasteiger partial charge is 0.387 e. The molecule has 6 nitrogen and oxygen atoms in total. The molecule has 0 aliphatic heterocycles. The monoisotopic (exact) mass is 481 g/mol. The van der Waals surface area contributed by atoms with Gasteiger partial charge < -0.3 is 19.5 Å². The van der Waals surface area contributed by atoms with Gasteiger partial charge in [0.1, 0.15) is 5.75 Å². The Labute approximate surface area is 202 Å². The number of benzene rings is 3. The molecule has 1 amide bonds. The number of ketones is 1. The second-order valence-electron chi connectivity index (χ2n) is 7.45. The normalized spacial score (nSPS) is 10.9. The molecule has 8 heteroatoms. The van der Waals surface area contributed by atoms with E-state index in [4.69, 9.17) is 9.47 Å². The average molecular weight is 481 g/mol. The van der Waals surface area contributed by atoms with E-state index in [1.54, 1.807) is 24.3 Å². The predicted molar refractivity (Wildman–Crippen MR) is 129 cm³/mol. The molecule has 0 bridgehead atoms. The molecule has 1 N–H and O–H groups in total. The minimum atomic E-state index is -2.97. The highest BCUT2D eigenvalue weighted by Crippen LogP contribution is 2.29. The average Bonchev–Trinajstić information content (AvgIpc) is 2.83. The standard InChI is InChI=1S/C27H25F2NO5/c1-3-33-25-15-19(9-13-23(31)20-5-4-6-22(16-20)35-27(28)29)10-14-24(25)34-17-26(32)30-21-11-7-18(2)8-12-21/h4-16,27H,3,17H2,1-2H3,(H,30,32)/b13-9+. The zero-order valence-corrected chi connectivity index (χ0v) is 19.3. The SMILES string of the molecule is CCOc1cc(/C=C/C(=O)c2cccc(OC(F)F)c2)ccc1OCC(=O)Nc1ccc(C)cc1. The highest BCUT2D eigenvalue weighted by molar-refractivity contribution is 6.07. The Balaban J connectivity index is 1.65. The Bertz CT molecular complexity index is 1190. The number of ether oxygens (including phenoxy) is 3. The van der Waals surface area contributed by atoms with Crippen molar-refractivity contribution in [3.05, 3.63) is 89.5 Å². The van der Waals surface area contributed by atoms with E-state index in [9.17, 15) is 18.4 Å². The zero-order valence-electron chi connectivity index (χ0n) is 19.3. The maximum Gasteiger partial charge on any atom is 0.387 e. The molecule has 0 atom stereocenters. The molecule has 3 aromatic carbocycles. The minimum absolute atomic E-state index is 0.0919. The third kappa shape index (κ3) is 7.96. The van der Waals surface area contributed by atoms with Gasteiger partial charge in [0.15, 0.2) is 23.9 Å². The Morgan fingerprint density at radius 1 is 0.971 bits per heavy atom. The van der Waals surface area contributed by atoms with Gasteiger partial charge in [-0.2, -0.15) is 8.78 Å². The third-order valence-corrected chi connectivity index (χ3v) is 4.73. The topological polar surface area (TPSA) is 73.9 Å². The largest absolute Gasteiger partial charge is 0.490 e. The van der Waals surface area contributed by atoms with Gasteiger partial charge in [0.25, 0.3) is 5.91 Å². The molecule has 0 saturated carbocycles. The van der Waals surface area contributed by atoms with Crippen LogP contribution in [0, 0.1) is 6.92 Å². The van der Waals surface area contributed by atoms with E-state index in [1.807, 2.05) is 38.1 Å². The predicted octanol–water partition coefficient (Wildman–Crippen LogP) is 5.91. The number of halogens is 2. The summed E-state index contributed by atoms with van der Waals surface area (Å²) in [6, 6.07) is 18.0. The van der Waals surface area contributed by atoms with E-state index in [0.29, 0.717) is 29.4 Å². The van der Waals surface area contributed by atoms with E-state index in [0.717, 1.165) is 5.56 Å². The van der Waals surface area contributed by atoms with E-state index in [1.165, 1.54) is 30.3 Å². The Kier molecular flexibility index (Phi) is 8.95. The van der Waals surface area contributed by atoms with Crippen molar-refractivity contribution in [2.45, 2.75) is 20.5 Å². The molecular formula is C27H25F2NO5. The first-order valence-electron chi connectivity index (χ1n) is 10.9. The van der Waals surface area contributed by atoms with Crippen LogP contribution in [0.4, 0.5) is 14.5 Å². The van der Waals surface area contributed by atoms with Gasteiger partial charge in [0, 0.05) is 11.3 Å². The van der Waals surface area contributed by atoms with Gasteiger partial charge in [-0.25, -0.2) is 0 Å². The van der Waals surface area contributed by atoms with Crippen LogP contribution in [0.3, 0.4) is 0 Å². The van der Waals surface area contributed by atoms with Gasteiger partial charge in [0.05, 0.1) is 6.61 Å². The highest BCUT2D eigenvalue weighted by Gasteiger charge is 2.11. The summed E-state index contributed by atoms with van der Waals surface area (Å²) >= 11 is 0. The number of carbonyl (C=O) groups excluding carboxylic acids is 2. The fourth-order valence-electron chi connectivity index (χ4n) is 3.09. The second kappa shape index (κ2) is 12.3. The zero-order chi connectivity index (χ0) is 25.2. The molecule has 0 aliphatic rings. The van der Waals surface area contributed by atoms with Gasteiger partial charge in [-0.15, -0.1) is 0 Å². The molecule has 0 saturated heterocycles. The summed E-state index contributed by atoms with van der Waals surface area (Å²) in [5.41, 5.74) is 2.62. The van der Waals surface area contributed by atoms with E-state index < -0.39 is 6.61 Å². The van der Waals surface area contributed by atoms with Crippen LogP contribution in [0.15, 0.2) is 72.8 Å².